The third-order valence-corrected chi connectivity index (χ3v) is 2.87. The fraction of sp³-hybridized carbons (Fsp3) is 0.900. The summed E-state index contributed by atoms with van der Waals surface area (Å²) in [6.45, 7) is 4.03. The predicted octanol–water partition coefficient (Wildman–Crippen LogP) is -0.0127. The van der Waals surface area contributed by atoms with Crippen molar-refractivity contribution >= 4 is 5.91 Å². The van der Waals surface area contributed by atoms with Crippen molar-refractivity contribution in [3.8, 4) is 0 Å². The first-order chi connectivity index (χ1) is 6.88. The minimum absolute atomic E-state index is 0.178. The number of nitrogens with one attached hydrogen (secondary N) is 1. The molecule has 1 N–H and O–H groups in total. The van der Waals surface area contributed by atoms with E-state index in [-0.39, 0.29) is 12.0 Å². The number of hydrogen-bond donors (Lipinski definition) is 1. The van der Waals surface area contributed by atoms with Gasteiger partial charge in [-0.3, -0.25) is 4.79 Å². The zero-order chi connectivity index (χ0) is 9.80. The molecule has 1 atom stereocenters. The van der Waals surface area contributed by atoms with E-state index in [1.807, 2.05) is 4.90 Å². The van der Waals surface area contributed by atoms with Crippen LogP contribution in [0.5, 0.6) is 0 Å². The number of likely N-dealkylation sites (tertiary alicyclic amines) is 1. The molecule has 0 spiro atoms. The summed E-state index contributed by atoms with van der Waals surface area (Å²) in [5.41, 5.74) is 0. The van der Waals surface area contributed by atoms with E-state index in [1.54, 1.807) is 0 Å². The molecule has 2 fully saturated rings. The Morgan fingerprint density at radius 2 is 2.07 bits per heavy atom. The van der Waals surface area contributed by atoms with Crippen LogP contribution >= 0.6 is 0 Å². The maximum absolute atomic E-state index is 11.9. The molecule has 1 amide bonds. The first kappa shape index (κ1) is 9.93. The van der Waals surface area contributed by atoms with Crippen LogP contribution in [0.4, 0.5) is 0 Å². The second-order valence-corrected chi connectivity index (χ2v) is 3.95. The highest BCUT2D eigenvalue weighted by Crippen LogP contribution is 2.11. The van der Waals surface area contributed by atoms with Crippen molar-refractivity contribution in [3.05, 3.63) is 0 Å². The Labute approximate surface area is 84.6 Å². The molecular weight excluding hydrogens is 180 g/mol. The van der Waals surface area contributed by atoms with Crippen molar-refractivity contribution in [2.24, 2.45) is 0 Å². The van der Waals surface area contributed by atoms with Gasteiger partial charge in [-0.1, -0.05) is 0 Å². The molecule has 2 aliphatic heterocycles. The number of nitrogens with zero attached hydrogens (tertiary/aromatic N) is 1. The third kappa shape index (κ3) is 2.25. The van der Waals surface area contributed by atoms with Crippen LogP contribution in [0.1, 0.15) is 19.3 Å². The predicted molar refractivity (Wildman–Crippen MR) is 53.0 cm³/mol. The lowest BCUT2D eigenvalue weighted by atomic mass is 10.1. The minimum atomic E-state index is -0.234. The Kier molecular flexibility index (Phi) is 3.37. The van der Waals surface area contributed by atoms with Crippen molar-refractivity contribution in [1.29, 1.82) is 0 Å². The molecule has 14 heavy (non-hydrogen) atoms. The van der Waals surface area contributed by atoms with Crippen LogP contribution in [-0.4, -0.2) is 49.7 Å². The molecule has 0 radical (unpaired) electrons. The fourth-order valence-corrected chi connectivity index (χ4v) is 2.04. The van der Waals surface area contributed by atoms with E-state index >= 15 is 0 Å². The summed E-state index contributed by atoms with van der Waals surface area (Å²) < 4.78 is 5.44. The quantitative estimate of drug-likeness (QED) is 0.644. The van der Waals surface area contributed by atoms with Crippen LogP contribution in [0, 0.1) is 0 Å². The molecule has 0 aromatic heterocycles. The van der Waals surface area contributed by atoms with Gasteiger partial charge in [0.15, 0.2) is 0 Å². The number of hydrogen-bond acceptors (Lipinski definition) is 3. The van der Waals surface area contributed by atoms with Gasteiger partial charge in [-0.05, 0) is 19.3 Å². The number of amides is 1. The molecule has 0 aliphatic carbocycles. The zero-order valence-corrected chi connectivity index (χ0v) is 8.50. The Bertz CT molecular complexity index is 176. The second-order valence-electron chi connectivity index (χ2n) is 3.95. The van der Waals surface area contributed by atoms with Gasteiger partial charge < -0.3 is 15.0 Å². The molecule has 0 saturated carbocycles. The van der Waals surface area contributed by atoms with E-state index < -0.39 is 0 Å². The average molecular weight is 198 g/mol. The van der Waals surface area contributed by atoms with Gasteiger partial charge >= 0.3 is 0 Å². The largest absolute Gasteiger partial charge is 0.366 e. The standard InChI is InChI=1S/C10H18N2O2/c13-10(9-8-11-4-7-14-9)12-5-2-1-3-6-12/h9,11H,1-8H2/t9-/m0/s1. The highest BCUT2D eigenvalue weighted by molar-refractivity contribution is 5.81. The van der Waals surface area contributed by atoms with Crippen LogP contribution in [0.2, 0.25) is 0 Å². The SMILES string of the molecule is O=C([C@@H]1CNCCO1)N1CCCCC1. The van der Waals surface area contributed by atoms with Gasteiger partial charge in [0.25, 0.3) is 5.91 Å². The van der Waals surface area contributed by atoms with Crippen molar-refractivity contribution in [2.45, 2.75) is 25.4 Å². The van der Waals surface area contributed by atoms with Crippen LogP contribution in [-0.2, 0) is 9.53 Å². The third-order valence-electron chi connectivity index (χ3n) is 2.87. The fourth-order valence-electron chi connectivity index (χ4n) is 2.04. The molecule has 2 heterocycles. The monoisotopic (exact) mass is 198 g/mol. The van der Waals surface area contributed by atoms with E-state index in [9.17, 15) is 4.79 Å². The number of rotatable bonds is 1. The maximum Gasteiger partial charge on any atom is 0.253 e. The summed E-state index contributed by atoms with van der Waals surface area (Å²) in [5.74, 6) is 0.178. The van der Waals surface area contributed by atoms with Gasteiger partial charge in [-0.2, -0.15) is 0 Å². The summed E-state index contributed by atoms with van der Waals surface area (Å²) in [6.07, 6.45) is 3.31. The first-order valence-electron chi connectivity index (χ1n) is 5.49. The lowest BCUT2D eigenvalue weighted by Gasteiger charge is -2.32. The van der Waals surface area contributed by atoms with Gasteiger partial charge in [0, 0.05) is 26.2 Å². The first-order valence-corrected chi connectivity index (χ1v) is 5.49. The summed E-state index contributed by atoms with van der Waals surface area (Å²) >= 11 is 0. The Hall–Kier alpha value is -0.610. The molecule has 2 aliphatic rings. The van der Waals surface area contributed by atoms with Crippen molar-refractivity contribution < 1.29 is 9.53 Å². The number of morpholine rings is 1. The van der Waals surface area contributed by atoms with Crippen LogP contribution in [0.15, 0.2) is 0 Å². The second kappa shape index (κ2) is 4.75. The van der Waals surface area contributed by atoms with Gasteiger partial charge in [0.2, 0.25) is 0 Å². The van der Waals surface area contributed by atoms with E-state index in [2.05, 4.69) is 5.32 Å². The number of piperidine rings is 1. The Balaban J connectivity index is 1.85. The van der Waals surface area contributed by atoms with Gasteiger partial charge in [0.05, 0.1) is 6.61 Å². The molecule has 0 bridgehead atoms. The molecule has 2 saturated heterocycles. The number of carbonyl (C=O) groups is 1. The lowest BCUT2D eigenvalue weighted by molar-refractivity contribution is -0.146. The summed E-state index contributed by atoms with van der Waals surface area (Å²) in [7, 11) is 0. The average Bonchev–Trinajstić information content (AvgIpc) is 2.30. The van der Waals surface area contributed by atoms with Crippen molar-refractivity contribution in [3.63, 3.8) is 0 Å². The van der Waals surface area contributed by atoms with E-state index in [1.165, 1.54) is 6.42 Å². The molecule has 2 rings (SSSR count). The van der Waals surface area contributed by atoms with E-state index in [0.717, 1.165) is 32.5 Å². The lowest BCUT2D eigenvalue weighted by Crippen LogP contribution is -2.50. The number of ether oxygens (including phenoxy) is 1. The van der Waals surface area contributed by atoms with Gasteiger partial charge in [-0.15, -0.1) is 0 Å². The normalized spacial score (nSPS) is 28.9. The molecule has 0 aromatic carbocycles. The summed E-state index contributed by atoms with van der Waals surface area (Å²) in [4.78, 5) is 13.9. The highest BCUT2D eigenvalue weighted by atomic mass is 16.5. The van der Waals surface area contributed by atoms with Gasteiger partial charge in [-0.25, -0.2) is 0 Å². The van der Waals surface area contributed by atoms with Crippen LogP contribution in [0.3, 0.4) is 0 Å². The topological polar surface area (TPSA) is 41.6 Å². The maximum atomic E-state index is 11.9. The molecule has 4 nitrogen and oxygen atoms in total. The van der Waals surface area contributed by atoms with Crippen LogP contribution < -0.4 is 5.32 Å². The van der Waals surface area contributed by atoms with Gasteiger partial charge in [0.1, 0.15) is 6.10 Å². The van der Waals surface area contributed by atoms with Crippen LogP contribution in [0.25, 0.3) is 0 Å². The molecule has 4 heteroatoms. The van der Waals surface area contributed by atoms with Crippen molar-refractivity contribution in [2.75, 3.05) is 32.8 Å². The molecule has 80 valence electrons. The highest BCUT2D eigenvalue weighted by Gasteiger charge is 2.27. The Morgan fingerprint density at radius 1 is 1.29 bits per heavy atom. The minimum Gasteiger partial charge on any atom is -0.366 e. The van der Waals surface area contributed by atoms with Crippen molar-refractivity contribution in [1.82, 2.24) is 10.2 Å². The number of carbonyl (C=O) groups excluding carboxylic acids is 1. The smallest absolute Gasteiger partial charge is 0.253 e. The van der Waals surface area contributed by atoms with E-state index in [0.29, 0.717) is 13.2 Å². The molecule has 0 unspecified atom stereocenters. The summed E-state index contributed by atoms with van der Waals surface area (Å²) in [5, 5.41) is 3.18. The zero-order valence-electron chi connectivity index (χ0n) is 8.50. The van der Waals surface area contributed by atoms with E-state index in [4.69, 9.17) is 4.74 Å². The Morgan fingerprint density at radius 3 is 2.71 bits per heavy atom. The molecule has 0 aromatic rings. The summed E-state index contributed by atoms with van der Waals surface area (Å²) in [6, 6.07) is 0. The molecular formula is C10H18N2O2.